The minimum Gasteiger partial charge on any atom is -0.348 e. The predicted molar refractivity (Wildman–Crippen MR) is 106 cm³/mol. The highest BCUT2D eigenvalue weighted by molar-refractivity contribution is 7.92. The lowest BCUT2D eigenvalue weighted by Gasteiger charge is -2.11. The van der Waals surface area contributed by atoms with Crippen molar-refractivity contribution in [2.45, 2.75) is 11.4 Å². The number of hydrogen-bond acceptors (Lipinski definition) is 3. The van der Waals surface area contributed by atoms with Crippen LogP contribution < -0.4 is 10.0 Å². The van der Waals surface area contributed by atoms with Gasteiger partial charge in [0.05, 0.1) is 5.02 Å². The molecule has 0 fully saturated rings. The molecule has 0 aromatic heterocycles. The van der Waals surface area contributed by atoms with Gasteiger partial charge in [-0.1, -0.05) is 41.9 Å². The molecule has 3 aromatic rings. The van der Waals surface area contributed by atoms with Crippen LogP contribution in [0.15, 0.2) is 77.7 Å². The second-order valence-electron chi connectivity index (χ2n) is 5.93. The smallest absolute Gasteiger partial charge is 0.263 e. The van der Waals surface area contributed by atoms with Gasteiger partial charge >= 0.3 is 0 Å². The zero-order valence-electron chi connectivity index (χ0n) is 14.5. The standard InChI is InChI=1S/C20H16ClFN2O3S/c21-18-11-8-15(20(25)23-13-14-6-9-16(22)10-7-14)12-19(18)28(26,27)24-17-4-2-1-3-5-17/h1-12,24H,13H2,(H,23,25). The van der Waals surface area contributed by atoms with E-state index in [1.54, 1.807) is 42.5 Å². The van der Waals surface area contributed by atoms with E-state index in [9.17, 15) is 17.6 Å². The van der Waals surface area contributed by atoms with E-state index in [1.165, 1.54) is 30.3 Å². The normalized spacial score (nSPS) is 11.1. The SMILES string of the molecule is O=C(NCc1ccc(F)cc1)c1ccc(Cl)c(S(=O)(=O)Nc2ccccc2)c1. The zero-order valence-corrected chi connectivity index (χ0v) is 16.1. The topological polar surface area (TPSA) is 75.3 Å². The summed E-state index contributed by atoms with van der Waals surface area (Å²) in [5, 5.41) is 2.66. The van der Waals surface area contributed by atoms with Crippen LogP contribution in [-0.2, 0) is 16.6 Å². The molecule has 1 amide bonds. The molecule has 0 atom stereocenters. The number of carbonyl (C=O) groups excluding carboxylic acids is 1. The van der Waals surface area contributed by atoms with Crippen molar-refractivity contribution in [1.82, 2.24) is 5.32 Å². The number of benzene rings is 3. The summed E-state index contributed by atoms with van der Waals surface area (Å²) in [5.41, 5.74) is 1.23. The van der Waals surface area contributed by atoms with E-state index in [0.29, 0.717) is 11.3 Å². The molecule has 0 saturated heterocycles. The Morgan fingerprint density at radius 3 is 2.32 bits per heavy atom. The van der Waals surface area contributed by atoms with Crippen molar-refractivity contribution in [3.05, 3.63) is 94.8 Å². The Morgan fingerprint density at radius 2 is 1.64 bits per heavy atom. The van der Waals surface area contributed by atoms with Gasteiger partial charge in [0.15, 0.2) is 0 Å². The molecule has 28 heavy (non-hydrogen) atoms. The first-order chi connectivity index (χ1) is 13.3. The fraction of sp³-hybridized carbons (Fsp3) is 0.0500. The van der Waals surface area contributed by atoms with Crippen molar-refractivity contribution in [2.24, 2.45) is 0 Å². The van der Waals surface area contributed by atoms with E-state index in [2.05, 4.69) is 10.0 Å². The molecule has 144 valence electrons. The Hall–Kier alpha value is -2.90. The molecule has 5 nitrogen and oxygen atoms in total. The molecule has 0 aliphatic rings. The second kappa shape index (κ2) is 8.41. The largest absolute Gasteiger partial charge is 0.348 e. The summed E-state index contributed by atoms with van der Waals surface area (Å²) >= 11 is 6.05. The molecule has 3 aromatic carbocycles. The van der Waals surface area contributed by atoms with Crippen molar-refractivity contribution in [3.8, 4) is 0 Å². The number of carbonyl (C=O) groups is 1. The number of anilines is 1. The van der Waals surface area contributed by atoms with Gasteiger partial charge in [-0.15, -0.1) is 0 Å². The third-order valence-corrected chi connectivity index (χ3v) is 5.74. The fourth-order valence-corrected chi connectivity index (χ4v) is 4.04. The third kappa shape index (κ3) is 4.88. The van der Waals surface area contributed by atoms with E-state index < -0.39 is 15.9 Å². The van der Waals surface area contributed by atoms with Gasteiger partial charge in [0.1, 0.15) is 10.7 Å². The highest BCUT2D eigenvalue weighted by Crippen LogP contribution is 2.25. The Labute approximate surface area is 167 Å². The minimum atomic E-state index is -3.98. The van der Waals surface area contributed by atoms with Crippen molar-refractivity contribution in [3.63, 3.8) is 0 Å². The van der Waals surface area contributed by atoms with Gasteiger partial charge in [0, 0.05) is 17.8 Å². The van der Waals surface area contributed by atoms with Crippen molar-refractivity contribution in [2.75, 3.05) is 4.72 Å². The van der Waals surface area contributed by atoms with Crippen LogP contribution in [0, 0.1) is 5.82 Å². The molecule has 0 heterocycles. The molecule has 0 aliphatic carbocycles. The maximum atomic E-state index is 12.9. The number of amides is 1. The first kappa shape index (κ1) is 19.9. The summed E-state index contributed by atoms with van der Waals surface area (Å²) in [7, 11) is -3.98. The van der Waals surface area contributed by atoms with Gasteiger partial charge in [-0.05, 0) is 48.0 Å². The van der Waals surface area contributed by atoms with Crippen LogP contribution in [0.5, 0.6) is 0 Å². The van der Waals surface area contributed by atoms with Crippen LogP contribution in [0.3, 0.4) is 0 Å². The summed E-state index contributed by atoms with van der Waals surface area (Å²) in [6, 6.07) is 18.1. The molecule has 0 bridgehead atoms. The average molecular weight is 419 g/mol. The second-order valence-corrected chi connectivity index (χ2v) is 7.98. The Bertz CT molecular complexity index is 1090. The van der Waals surface area contributed by atoms with E-state index >= 15 is 0 Å². The van der Waals surface area contributed by atoms with Crippen LogP contribution in [0.1, 0.15) is 15.9 Å². The first-order valence-electron chi connectivity index (χ1n) is 8.25. The monoisotopic (exact) mass is 418 g/mol. The summed E-state index contributed by atoms with van der Waals surface area (Å²) in [4.78, 5) is 12.2. The van der Waals surface area contributed by atoms with E-state index in [0.717, 1.165) is 0 Å². The number of para-hydroxylation sites is 1. The lowest BCUT2D eigenvalue weighted by Crippen LogP contribution is -2.23. The maximum absolute atomic E-state index is 12.9. The minimum absolute atomic E-state index is 0.00137. The van der Waals surface area contributed by atoms with Crippen molar-refractivity contribution < 1.29 is 17.6 Å². The summed E-state index contributed by atoms with van der Waals surface area (Å²) in [5.74, 6) is -0.842. The van der Waals surface area contributed by atoms with Gasteiger partial charge < -0.3 is 5.32 Å². The molecule has 0 spiro atoms. The van der Waals surface area contributed by atoms with Crippen LogP contribution in [0.2, 0.25) is 5.02 Å². The number of nitrogens with one attached hydrogen (secondary N) is 2. The Balaban J connectivity index is 1.78. The Morgan fingerprint density at radius 1 is 0.964 bits per heavy atom. The first-order valence-corrected chi connectivity index (χ1v) is 10.1. The number of halogens is 2. The third-order valence-electron chi connectivity index (χ3n) is 3.88. The number of rotatable bonds is 6. The number of hydrogen-bond donors (Lipinski definition) is 2. The fourth-order valence-electron chi connectivity index (χ4n) is 2.45. The van der Waals surface area contributed by atoms with Gasteiger partial charge in [-0.25, -0.2) is 12.8 Å². The van der Waals surface area contributed by atoms with Crippen molar-refractivity contribution in [1.29, 1.82) is 0 Å². The molecule has 3 rings (SSSR count). The van der Waals surface area contributed by atoms with Crippen LogP contribution in [0.25, 0.3) is 0 Å². The highest BCUT2D eigenvalue weighted by atomic mass is 35.5. The summed E-state index contributed by atoms with van der Waals surface area (Å²) < 4.78 is 40.7. The molecule has 2 N–H and O–H groups in total. The lowest BCUT2D eigenvalue weighted by atomic mass is 10.2. The summed E-state index contributed by atoms with van der Waals surface area (Å²) in [6.45, 7) is 0.173. The predicted octanol–water partition coefficient (Wildman–Crippen LogP) is 4.21. The molecular formula is C20H16ClFN2O3S. The number of sulfonamides is 1. The molecule has 0 radical (unpaired) electrons. The molecule has 0 saturated carbocycles. The quantitative estimate of drug-likeness (QED) is 0.629. The van der Waals surface area contributed by atoms with Crippen LogP contribution in [0.4, 0.5) is 10.1 Å². The lowest BCUT2D eigenvalue weighted by molar-refractivity contribution is 0.0950. The molecule has 0 unspecified atom stereocenters. The van der Waals surface area contributed by atoms with Gasteiger partial charge in [0.25, 0.3) is 15.9 Å². The molecule has 0 aliphatic heterocycles. The highest BCUT2D eigenvalue weighted by Gasteiger charge is 2.20. The van der Waals surface area contributed by atoms with Gasteiger partial charge in [0.2, 0.25) is 0 Å². The van der Waals surface area contributed by atoms with Gasteiger partial charge in [-0.2, -0.15) is 0 Å². The van der Waals surface area contributed by atoms with E-state index in [4.69, 9.17) is 11.6 Å². The maximum Gasteiger partial charge on any atom is 0.263 e. The molecule has 8 heteroatoms. The summed E-state index contributed by atoms with van der Waals surface area (Å²) in [6.07, 6.45) is 0. The van der Waals surface area contributed by atoms with E-state index in [-0.39, 0.29) is 27.8 Å². The van der Waals surface area contributed by atoms with Crippen molar-refractivity contribution >= 4 is 33.2 Å². The molecular weight excluding hydrogens is 403 g/mol. The van der Waals surface area contributed by atoms with Crippen LogP contribution in [-0.4, -0.2) is 14.3 Å². The zero-order chi connectivity index (χ0) is 20.1. The van der Waals surface area contributed by atoms with Gasteiger partial charge in [-0.3, -0.25) is 9.52 Å². The Kier molecular flexibility index (Phi) is 5.96. The van der Waals surface area contributed by atoms with E-state index in [1.807, 2.05) is 0 Å². The average Bonchev–Trinajstić information content (AvgIpc) is 2.68. The van der Waals surface area contributed by atoms with Crippen LogP contribution >= 0.6 is 11.6 Å².